The van der Waals surface area contributed by atoms with Crippen LogP contribution in [0.25, 0.3) is 0 Å². The van der Waals surface area contributed by atoms with Gasteiger partial charge in [-0.05, 0) is 122 Å². The lowest BCUT2D eigenvalue weighted by Crippen LogP contribution is -2.69. The Hall–Kier alpha value is -5.41. The molecule has 2 saturated heterocycles. The second-order valence-electron chi connectivity index (χ2n) is 19.7. The van der Waals surface area contributed by atoms with Crippen molar-refractivity contribution in [3.63, 3.8) is 0 Å². The molecule has 17 heteroatoms. The number of methoxy groups -OCH3 is 1. The summed E-state index contributed by atoms with van der Waals surface area (Å²) in [6.45, 7) is 16.1. The van der Waals surface area contributed by atoms with E-state index in [9.17, 15) is 20.0 Å². The number of nitrogens with zero attached hydrogens (tertiary/aromatic N) is 3. The average Bonchev–Trinajstić information content (AvgIpc) is 3.70. The van der Waals surface area contributed by atoms with Gasteiger partial charge in [0.1, 0.15) is 35.3 Å². The van der Waals surface area contributed by atoms with Crippen molar-refractivity contribution in [1.82, 2.24) is 15.1 Å². The van der Waals surface area contributed by atoms with Gasteiger partial charge in [-0.15, -0.1) is 11.8 Å². The number of hydrogen-bond acceptors (Lipinski definition) is 17. The fourth-order valence-corrected chi connectivity index (χ4v) is 12.5. The Bertz CT molecular complexity index is 2560. The number of thioether (sulfide) groups is 1. The fraction of sp³-hybridized carbons (Fsp3) is 0.542. The van der Waals surface area contributed by atoms with E-state index in [-0.39, 0.29) is 36.7 Å². The number of carbonyl (C=O) groups excluding carboxylic acids is 3. The minimum absolute atomic E-state index is 0.0177. The Morgan fingerprint density at radius 3 is 2.29 bits per heavy atom. The second-order valence-corrected chi connectivity index (χ2v) is 20.9. The van der Waals surface area contributed by atoms with E-state index in [0.29, 0.717) is 75.8 Å². The smallest absolute Gasteiger partial charge is 0.504 e. The lowest BCUT2D eigenvalue weighted by molar-refractivity contribution is -0.157. The van der Waals surface area contributed by atoms with Gasteiger partial charge in [-0.25, -0.2) is 14.4 Å². The van der Waals surface area contributed by atoms with Crippen molar-refractivity contribution in [1.29, 1.82) is 5.26 Å². The molecule has 0 radical (unpaired) electrons. The van der Waals surface area contributed by atoms with Crippen LogP contribution in [0.3, 0.4) is 0 Å². The van der Waals surface area contributed by atoms with E-state index in [0.717, 1.165) is 16.7 Å². The summed E-state index contributed by atoms with van der Waals surface area (Å²) >= 11 is 1.46. The maximum Gasteiger partial charge on any atom is 0.514 e. The number of likely N-dealkylation sites (N-methyl/N-ethyl adjacent to an activating group) is 1. The van der Waals surface area contributed by atoms with Crippen molar-refractivity contribution < 1.29 is 57.4 Å². The predicted octanol–water partition coefficient (Wildman–Crippen LogP) is 7.28. The molecule has 10 rings (SSSR count). The van der Waals surface area contributed by atoms with Gasteiger partial charge in [-0.1, -0.05) is 6.07 Å². The van der Waals surface area contributed by atoms with Crippen LogP contribution in [0.4, 0.5) is 9.59 Å². The number of aryl methyl sites for hydroxylation is 2. The number of phenolic OH excluding ortho intramolecular Hbond substituents is 1. The SMILES string of the molecule is COc1c(C)cc2c(c1O)[C@@H]1C3[C@@H]4SC[C@]5(NCCc6cc(OC(=O)OC(C)(C)C)c(C)cc65)C(=O)OC[C@@H](c5c6c(c(C)c(OC(=O)OC(C)(C)C)c54)OCO6)N3[C@@H](C#N)[C@@H](C2)N1C. The topological polar surface area (TPSA) is 188 Å². The number of benzene rings is 3. The van der Waals surface area contributed by atoms with Crippen molar-refractivity contribution in [3.05, 3.63) is 68.3 Å². The molecule has 7 aliphatic heterocycles. The molecule has 0 aliphatic carbocycles. The van der Waals surface area contributed by atoms with Crippen molar-refractivity contribution in [2.75, 3.05) is 39.9 Å². The number of carbonyl (C=O) groups is 3. The summed E-state index contributed by atoms with van der Waals surface area (Å²) in [7, 11) is 3.51. The van der Waals surface area contributed by atoms with Gasteiger partial charge in [0, 0.05) is 46.6 Å². The molecule has 346 valence electrons. The zero-order valence-corrected chi connectivity index (χ0v) is 39.4. The maximum atomic E-state index is 15.1. The first-order valence-corrected chi connectivity index (χ1v) is 23.0. The Morgan fingerprint density at radius 2 is 1.62 bits per heavy atom. The molecule has 7 heterocycles. The molecule has 16 nitrogen and oxygen atoms in total. The molecule has 7 atom stereocenters. The van der Waals surface area contributed by atoms with Gasteiger partial charge < -0.3 is 43.0 Å². The molecule has 3 aromatic carbocycles. The molecule has 0 aromatic heterocycles. The molecule has 1 unspecified atom stereocenters. The largest absolute Gasteiger partial charge is 0.514 e. The summed E-state index contributed by atoms with van der Waals surface area (Å²) in [4.78, 5) is 46.1. The Balaban J connectivity index is 1.27. The zero-order valence-electron chi connectivity index (χ0n) is 38.6. The van der Waals surface area contributed by atoms with Crippen LogP contribution < -0.4 is 29.0 Å². The van der Waals surface area contributed by atoms with Crippen molar-refractivity contribution >= 4 is 30.0 Å². The summed E-state index contributed by atoms with van der Waals surface area (Å²) in [5.41, 5.74) is 3.09. The average molecular weight is 913 g/mol. The van der Waals surface area contributed by atoms with Crippen LogP contribution >= 0.6 is 11.8 Å². The lowest BCUT2D eigenvalue weighted by atomic mass is 9.71. The van der Waals surface area contributed by atoms with Crippen molar-refractivity contribution in [3.8, 4) is 40.6 Å². The fourth-order valence-electron chi connectivity index (χ4n) is 10.8. The molecular weight excluding hydrogens is 857 g/mol. The molecular formula is C48H56N4O12S. The van der Waals surface area contributed by atoms with Gasteiger partial charge in [0.25, 0.3) is 0 Å². The quantitative estimate of drug-likeness (QED) is 0.151. The number of aromatic hydroxyl groups is 1. The van der Waals surface area contributed by atoms with Gasteiger partial charge in [0.2, 0.25) is 6.79 Å². The minimum Gasteiger partial charge on any atom is -0.504 e. The summed E-state index contributed by atoms with van der Waals surface area (Å²) in [6, 6.07) is 5.31. The second kappa shape index (κ2) is 15.9. The highest BCUT2D eigenvalue weighted by Crippen LogP contribution is 2.64. The Morgan fingerprint density at radius 1 is 0.923 bits per heavy atom. The lowest BCUT2D eigenvalue weighted by Gasteiger charge is -2.62. The van der Waals surface area contributed by atoms with E-state index in [1.807, 2.05) is 33.0 Å². The number of phenols is 1. The van der Waals surface area contributed by atoms with Crippen LogP contribution in [0.15, 0.2) is 18.2 Å². The van der Waals surface area contributed by atoms with Gasteiger partial charge >= 0.3 is 18.3 Å². The van der Waals surface area contributed by atoms with Crippen LogP contribution in [0.2, 0.25) is 0 Å². The van der Waals surface area contributed by atoms with E-state index >= 15 is 4.79 Å². The van der Waals surface area contributed by atoms with E-state index in [1.54, 1.807) is 54.5 Å². The molecule has 1 spiro atoms. The monoisotopic (exact) mass is 912 g/mol. The van der Waals surface area contributed by atoms with Gasteiger partial charge in [-0.3, -0.25) is 15.1 Å². The number of nitrogens with one attached hydrogen (secondary N) is 1. The van der Waals surface area contributed by atoms with Crippen LogP contribution in [-0.2, 0) is 37.4 Å². The normalized spacial score (nSPS) is 26.7. The minimum atomic E-state index is -1.40. The first-order chi connectivity index (χ1) is 30.7. The number of nitriles is 1. The molecule has 7 aliphatic rings. The number of rotatable bonds is 3. The van der Waals surface area contributed by atoms with Crippen LogP contribution in [0.1, 0.15) is 109 Å². The summed E-state index contributed by atoms with van der Waals surface area (Å²) < 4.78 is 48.0. The van der Waals surface area contributed by atoms with Gasteiger partial charge in [-0.2, -0.15) is 5.26 Å². The third-order valence-electron chi connectivity index (χ3n) is 13.3. The molecule has 4 bridgehead atoms. The molecule has 65 heavy (non-hydrogen) atoms. The predicted molar refractivity (Wildman–Crippen MR) is 237 cm³/mol. The van der Waals surface area contributed by atoms with Gasteiger partial charge in [0.05, 0.1) is 30.5 Å². The first-order valence-electron chi connectivity index (χ1n) is 21.9. The zero-order chi connectivity index (χ0) is 46.7. The van der Waals surface area contributed by atoms with Crippen LogP contribution in [-0.4, -0.2) is 102 Å². The van der Waals surface area contributed by atoms with E-state index in [1.165, 1.54) is 18.9 Å². The Labute approximate surface area is 382 Å². The Kier molecular flexibility index (Phi) is 10.9. The number of hydrogen-bond donors (Lipinski definition) is 2. The third-order valence-corrected chi connectivity index (χ3v) is 14.8. The highest BCUT2D eigenvalue weighted by atomic mass is 32.2. The molecule has 2 N–H and O–H groups in total. The number of esters is 1. The summed E-state index contributed by atoms with van der Waals surface area (Å²) in [5.74, 6) is 1.30. The molecule has 2 fully saturated rings. The highest BCUT2D eigenvalue weighted by molar-refractivity contribution is 7.99. The van der Waals surface area contributed by atoms with Crippen LogP contribution in [0, 0.1) is 32.1 Å². The highest BCUT2D eigenvalue weighted by Gasteiger charge is 2.62. The van der Waals surface area contributed by atoms with Crippen molar-refractivity contribution in [2.45, 2.75) is 127 Å². The standard InChI is InChI=1S/C48H56N4O12S/c1-22-15-27-25(17-31(22)61-44(55)63-46(4,5)6)12-13-50-48(27)20-65-42-34-33(41-40(59-21-60-41)24(3)39(34)62-45(56)64-47(7,8)9)30(19-58-43(48)54)52-29(18-49)28-16-26-14-23(2)38(57-11)37(53)32(26)35(36(42)52)51(28)10/h14-15,17,28-30,35-36,42,50,53H,12-13,16,19-21H2,1-11H3/t28-,29+,30+,35-,36?,42-,48-/m1/s1. The van der Waals surface area contributed by atoms with Gasteiger partial charge in [0.15, 0.2) is 28.5 Å². The molecule has 0 saturated carbocycles. The van der Waals surface area contributed by atoms with E-state index in [2.05, 4.69) is 21.2 Å². The number of fused-ring (bicyclic) bond motifs is 9. The van der Waals surface area contributed by atoms with E-state index < -0.39 is 64.4 Å². The number of piperazine rings is 1. The molecule has 3 aromatic rings. The van der Waals surface area contributed by atoms with E-state index in [4.69, 9.17) is 37.9 Å². The number of ether oxygens (including phenoxy) is 8. The van der Waals surface area contributed by atoms with Crippen LogP contribution in [0.5, 0.6) is 34.5 Å². The summed E-state index contributed by atoms with van der Waals surface area (Å²) in [6.07, 6.45) is -0.771. The first kappa shape index (κ1) is 44.8. The molecule has 0 amide bonds. The maximum absolute atomic E-state index is 15.1. The third kappa shape index (κ3) is 7.28. The van der Waals surface area contributed by atoms with Crippen molar-refractivity contribution in [2.24, 2.45) is 0 Å². The summed E-state index contributed by atoms with van der Waals surface area (Å²) in [5, 5.41) is 26.4.